The lowest BCUT2D eigenvalue weighted by Gasteiger charge is -2.13. The molecule has 1 aromatic rings. The molecular formula is C12H15NO5S. The van der Waals surface area contributed by atoms with Crippen molar-refractivity contribution >= 4 is 21.8 Å². The third-order valence-corrected chi connectivity index (χ3v) is 4.02. The number of hydrogen-bond acceptors (Lipinski definition) is 4. The fourth-order valence-electron chi connectivity index (χ4n) is 1.45. The van der Waals surface area contributed by atoms with Gasteiger partial charge >= 0.3 is 5.97 Å². The van der Waals surface area contributed by atoms with E-state index in [1.54, 1.807) is 6.92 Å². The molecule has 0 spiro atoms. The van der Waals surface area contributed by atoms with Crippen LogP contribution in [0.2, 0.25) is 0 Å². The smallest absolute Gasteiger partial charge is 0.321 e. The van der Waals surface area contributed by atoms with E-state index in [9.17, 15) is 18.0 Å². The van der Waals surface area contributed by atoms with Crippen LogP contribution in [0.25, 0.3) is 0 Å². The van der Waals surface area contributed by atoms with Gasteiger partial charge in [0.05, 0.1) is 4.90 Å². The summed E-state index contributed by atoms with van der Waals surface area (Å²) in [5.74, 6) is -1.50. The summed E-state index contributed by atoms with van der Waals surface area (Å²) in [5.41, 5.74) is 0.256. The summed E-state index contributed by atoms with van der Waals surface area (Å²) in [6, 6.07) is 4.27. The van der Waals surface area contributed by atoms with Gasteiger partial charge < -0.3 is 5.11 Å². The molecule has 0 heterocycles. The molecule has 0 aliphatic heterocycles. The van der Waals surface area contributed by atoms with Gasteiger partial charge in [0.15, 0.2) is 5.78 Å². The van der Waals surface area contributed by atoms with E-state index in [1.807, 2.05) is 0 Å². The highest BCUT2D eigenvalue weighted by molar-refractivity contribution is 7.89. The molecule has 0 fully saturated rings. The van der Waals surface area contributed by atoms with E-state index in [2.05, 4.69) is 4.72 Å². The van der Waals surface area contributed by atoms with Crippen molar-refractivity contribution < 1.29 is 23.1 Å². The van der Waals surface area contributed by atoms with Crippen LogP contribution in [0.3, 0.4) is 0 Å². The van der Waals surface area contributed by atoms with Crippen LogP contribution in [0.5, 0.6) is 0 Å². The fraction of sp³-hybridized carbons (Fsp3) is 0.333. The van der Waals surface area contributed by atoms with E-state index < -0.39 is 22.0 Å². The first kappa shape index (κ1) is 15.3. The SMILES string of the molecule is CC[C@H](NS(=O)(=O)c1cccc(C(C)=O)c1)C(=O)O. The number of ketones is 1. The monoisotopic (exact) mass is 285 g/mol. The maximum Gasteiger partial charge on any atom is 0.321 e. The first-order chi connectivity index (χ1) is 8.77. The molecule has 1 rings (SSSR count). The Morgan fingerprint density at radius 2 is 2.00 bits per heavy atom. The van der Waals surface area contributed by atoms with E-state index in [0.717, 1.165) is 0 Å². The second-order valence-electron chi connectivity index (χ2n) is 4.00. The Kier molecular flexibility index (Phi) is 4.79. The average molecular weight is 285 g/mol. The topological polar surface area (TPSA) is 101 Å². The van der Waals surface area contributed by atoms with Crippen LogP contribution in [-0.2, 0) is 14.8 Å². The zero-order valence-electron chi connectivity index (χ0n) is 10.6. The Morgan fingerprint density at radius 3 is 2.47 bits per heavy atom. The molecule has 0 bridgehead atoms. The lowest BCUT2D eigenvalue weighted by Crippen LogP contribution is -2.40. The standard InChI is InChI=1S/C12H15NO5S/c1-3-11(12(15)16)13-19(17,18)10-6-4-5-9(7-10)8(2)14/h4-7,11,13H,3H2,1-2H3,(H,15,16)/t11-/m0/s1. The Bertz CT molecular complexity index is 594. The molecule has 0 aliphatic carbocycles. The Morgan fingerprint density at radius 1 is 1.37 bits per heavy atom. The predicted molar refractivity (Wildman–Crippen MR) is 68.5 cm³/mol. The Balaban J connectivity index is 3.10. The lowest BCUT2D eigenvalue weighted by atomic mass is 10.2. The van der Waals surface area contributed by atoms with Crippen molar-refractivity contribution in [1.82, 2.24) is 4.72 Å². The van der Waals surface area contributed by atoms with Gasteiger partial charge in [-0.05, 0) is 25.5 Å². The van der Waals surface area contributed by atoms with Gasteiger partial charge in [0, 0.05) is 5.56 Å². The number of benzene rings is 1. The van der Waals surface area contributed by atoms with Gasteiger partial charge in [0.1, 0.15) is 6.04 Å². The van der Waals surface area contributed by atoms with Gasteiger partial charge in [-0.3, -0.25) is 9.59 Å². The van der Waals surface area contributed by atoms with Crippen LogP contribution in [0.4, 0.5) is 0 Å². The molecule has 0 aliphatic rings. The van der Waals surface area contributed by atoms with Crippen LogP contribution in [0.15, 0.2) is 29.2 Å². The summed E-state index contributed by atoms with van der Waals surface area (Å²) in [6.45, 7) is 2.89. The molecule has 7 heteroatoms. The molecule has 0 amide bonds. The van der Waals surface area contributed by atoms with Crippen LogP contribution < -0.4 is 4.72 Å². The van der Waals surface area contributed by atoms with Crippen LogP contribution in [0.1, 0.15) is 30.6 Å². The van der Waals surface area contributed by atoms with Crippen LogP contribution in [0, 0.1) is 0 Å². The molecule has 1 aromatic carbocycles. The highest BCUT2D eigenvalue weighted by atomic mass is 32.2. The van der Waals surface area contributed by atoms with Crippen LogP contribution >= 0.6 is 0 Å². The number of carboxylic acid groups (broad SMARTS) is 1. The summed E-state index contributed by atoms with van der Waals surface area (Å²) in [6.07, 6.45) is 0.126. The van der Waals surface area contributed by atoms with Gasteiger partial charge in [-0.15, -0.1) is 0 Å². The third-order valence-electron chi connectivity index (χ3n) is 2.55. The summed E-state index contributed by atoms with van der Waals surface area (Å²) < 4.78 is 26.1. The summed E-state index contributed by atoms with van der Waals surface area (Å²) in [5, 5.41) is 8.85. The van der Waals surface area contributed by atoms with Gasteiger partial charge in [0.2, 0.25) is 10.0 Å². The van der Waals surface area contributed by atoms with E-state index in [1.165, 1.54) is 31.2 Å². The molecule has 2 N–H and O–H groups in total. The molecule has 0 saturated heterocycles. The van der Waals surface area contributed by atoms with E-state index in [-0.39, 0.29) is 22.7 Å². The summed E-state index contributed by atoms with van der Waals surface area (Å²) in [7, 11) is -3.96. The Hall–Kier alpha value is -1.73. The third kappa shape index (κ3) is 3.87. The summed E-state index contributed by atoms with van der Waals surface area (Å²) >= 11 is 0. The normalized spacial score (nSPS) is 12.9. The predicted octanol–water partition coefficient (Wildman–Crippen LogP) is 1.03. The van der Waals surface area contributed by atoms with Crippen molar-refractivity contribution in [1.29, 1.82) is 0 Å². The van der Waals surface area contributed by atoms with Crippen LogP contribution in [-0.4, -0.2) is 31.3 Å². The van der Waals surface area contributed by atoms with Gasteiger partial charge in [-0.25, -0.2) is 8.42 Å². The molecular weight excluding hydrogens is 270 g/mol. The number of sulfonamides is 1. The van der Waals surface area contributed by atoms with Crippen molar-refractivity contribution in [3.8, 4) is 0 Å². The molecule has 0 aromatic heterocycles. The fourth-order valence-corrected chi connectivity index (χ4v) is 2.76. The highest BCUT2D eigenvalue weighted by Gasteiger charge is 2.24. The van der Waals surface area contributed by atoms with E-state index in [0.29, 0.717) is 0 Å². The van der Waals surface area contributed by atoms with Crippen molar-refractivity contribution in [2.24, 2.45) is 0 Å². The number of Topliss-reactive ketones (excluding diaryl/α,β-unsaturated/α-hetero) is 1. The summed E-state index contributed by atoms with van der Waals surface area (Å²) in [4.78, 5) is 21.9. The Labute approximate surface area is 111 Å². The number of carboxylic acids is 1. The molecule has 0 saturated carbocycles. The zero-order chi connectivity index (χ0) is 14.6. The molecule has 104 valence electrons. The van der Waals surface area contributed by atoms with Crippen molar-refractivity contribution in [3.05, 3.63) is 29.8 Å². The largest absolute Gasteiger partial charge is 0.480 e. The molecule has 1 atom stereocenters. The van der Waals surface area contributed by atoms with Gasteiger partial charge in [-0.1, -0.05) is 19.1 Å². The van der Waals surface area contributed by atoms with E-state index in [4.69, 9.17) is 5.11 Å². The average Bonchev–Trinajstić information content (AvgIpc) is 2.35. The van der Waals surface area contributed by atoms with Gasteiger partial charge in [-0.2, -0.15) is 4.72 Å². The first-order valence-corrected chi connectivity index (χ1v) is 7.12. The molecule has 0 radical (unpaired) electrons. The van der Waals surface area contributed by atoms with Gasteiger partial charge in [0.25, 0.3) is 0 Å². The number of carbonyl (C=O) groups excluding carboxylic acids is 1. The first-order valence-electron chi connectivity index (χ1n) is 5.64. The number of nitrogens with one attached hydrogen (secondary N) is 1. The number of carbonyl (C=O) groups is 2. The minimum Gasteiger partial charge on any atom is -0.480 e. The molecule has 0 unspecified atom stereocenters. The molecule has 19 heavy (non-hydrogen) atoms. The van der Waals surface area contributed by atoms with Crippen molar-refractivity contribution in [3.63, 3.8) is 0 Å². The van der Waals surface area contributed by atoms with E-state index >= 15 is 0 Å². The number of hydrogen-bond donors (Lipinski definition) is 2. The number of rotatable bonds is 6. The molecule has 6 nitrogen and oxygen atoms in total. The zero-order valence-corrected chi connectivity index (χ0v) is 11.4. The minimum absolute atomic E-state index is 0.125. The maximum absolute atomic E-state index is 12.0. The number of aliphatic carboxylic acids is 1. The highest BCUT2D eigenvalue weighted by Crippen LogP contribution is 2.13. The second kappa shape index (κ2) is 5.94. The quantitative estimate of drug-likeness (QED) is 0.760. The maximum atomic E-state index is 12.0. The second-order valence-corrected chi connectivity index (χ2v) is 5.72. The lowest BCUT2D eigenvalue weighted by molar-refractivity contribution is -0.139. The van der Waals surface area contributed by atoms with Crippen molar-refractivity contribution in [2.45, 2.75) is 31.2 Å². The minimum atomic E-state index is -3.96. The van der Waals surface area contributed by atoms with Crippen molar-refractivity contribution in [2.75, 3.05) is 0 Å².